The van der Waals surface area contributed by atoms with Gasteiger partial charge in [-0.1, -0.05) is 42.5 Å². The first-order valence-electron chi connectivity index (χ1n) is 6.47. The standard InChI is InChI=1S/C15H14ClN3O3/c1-2-7-22-14-6-4-3-5-11(14)9-17-15-13(16)8-12(10-18-15)19(20)21/h2-6,8,10H,1,7,9H2,(H,17,18). The van der Waals surface area contributed by atoms with Crippen LogP contribution >= 0.6 is 11.6 Å². The van der Waals surface area contributed by atoms with E-state index >= 15 is 0 Å². The number of halogens is 1. The molecule has 0 aliphatic rings. The monoisotopic (exact) mass is 319 g/mol. The van der Waals surface area contributed by atoms with Crippen molar-refractivity contribution >= 4 is 23.1 Å². The Morgan fingerprint density at radius 2 is 2.23 bits per heavy atom. The van der Waals surface area contributed by atoms with Crippen molar-refractivity contribution in [1.82, 2.24) is 4.98 Å². The fourth-order valence-corrected chi connectivity index (χ4v) is 2.00. The predicted molar refractivity (Wildman–Crippen MR) is 85.4 cm³/mol. The van der Waals surface area contributed by atoms with E-state index < -0.39 is 4.92 Å². The fourth-order valence-electron chi connectivity index (χ4n) is 1.78. The molecule has 114 valence electrons. The van der Waals surface area contributed by atoms with Crippen LogP contribution in [0.5, 0.6) is 5.75 Å². The Hall–Kier alpha value is -2.60. The molecule has 0 aliphatic carbocycles. The van der Waals surface area contributed by atoms with Gasteiger partial charge < -0.3 is 10.1 Å². The number of nitrogens with one attached hydrogen (secondary N) is 1. The van der Waals surface area contributed by atoms with Crippen molar-refractivity contribution in [3.63, 3.8) is 0 Å². The highest BCUT2D eigenvalue weighted by atomic mass is 35.5. The summed E-state index contributed by atoms with van der Waals surface area (Å²) in [6.45, 7) is 4.45. The maximum atomic E-state index is 10.7. The minimum absolute atomic E-state index is 0.148. The number of pyridine rings is 1. The number of rotatable bonds is 7. The summed E-state index contributed by atoms with van der Waals surface area (Å²) in [5.74, 6) is 1.11. The average Bonchev–Trinajstić information content (AvgIpc) is 2.52. The van der Waals surface area contributed by atoms with Crippen molar-refractivity contribution in [2.45, 2.75) is 6.54 Å². The number of hydrogen-bond donors (Lipinski definition) is 1. The maximum Gasteiger partial charge on any atom is 0.289 e. The topological polar surface area (TPSA) is 77.3 Å². The molecule has 7 heteroatoms. The van der Waals surface area contributed by atoms with Crippen LogP contribution < -0.4 is 10.1 Å². The normalized spacial score (nSPS) is 10.0. The number of para-hydroxylation sites is 1. The Kier molecular flexibility index (Phi) is 5.32. The lowest BCUT2D eigenvalue weighted by atomic mass is 10.2. The molecule has 1 heterocycles. The van der Waals surface area contributed by atoms with Gasteiger partial charge in [0.05, 0.1) is 9.95 Å². The first-order valence-corrected chi connectivity index (χ1v) is 6.85. The molecule has 6 nitrogen and oxygen atoms in total. The molecule has 0 amide bonds. The SMILES string of the molecule is C=CCOc1ccccc1CNc1ncc([N+](=O)[O-])cc1Cl. The summed E-state index contributed by atoms with van der Waals surface area (Å²) >= 11 is 5.99. The number of aromatic nitrogens is 1. The van der Waals surface area contributed by atoms with Crippen LogP contribution in [0.25, 0.3) is 0 Å². The van der Waals surface area contributed by atoms with Crippen LogP contribution in [-0.2, 0) is 6.54 Å². The molecule has 0 atom stereocenters. The van der Waals surface area contributed by atoms with Gasteiger partial charge in [0.25, 0.3) is 5.69 Å². The number of ether oxygens (including phenoxy) is 1. The van der Waals surface area contributed by atoms with Crippen LogP contribution in [0.1, 0.15) is 5.56 Å². The molecule has 0 aliphatic heterocycles. The molecule has 2 aromatic rings. The zero-order chi connectivity index (χ0) is 15.9. The Balaban J connectivity index is 2.10. The maximum absolute atomic E-state index is 10.7. The van der Waals surface area contributed by atoms with E-state index in [-0.39, 0.29) is 10.7 Å². The van der Waals surface area contributed by atoms with Gasteiger partial charge in [-0.15, -0.1) is 0 Å². The van der Waals surface area contributed by atoms with E-state index in [4.69, 9.17) is 16.3 Å². The molecule has 0 unspecified atom stereocenters. The summed E-state index contributed by atoms with van der Waals surface area (Å²) in [6, 6.07) is 8.79. The van der Waals surface area contributed by atoms with Crippen LogP contribution in [0, 0.1) is 10.1 Å². The van der Waals surface area contributed by atoms with Gasteiger partial charge in [0.15, 0.2) is 0 Å². The lowest BCUT2D eigenvalue weighted by Crippen LogP contribution is -2.05. The first-order chi connectivity index (χ1) is 10.6. The molecular weight excluding hydrogens is 306 g/mol. The van der Waals surface area contributed by atoms with Crippen molar-refractivity contribution in [3.8, 4) is 5.75 Å². The summed E-state index contributed by atoms with van der Waals surface area (Å²) < 4.78 is 5.55. The third-order valence-electron chi connectivity index (χ3n) is 2.81. The van der Waals surface area contributed by atoms with Gasteiger partial charge in [-0.05, 0) is 6.07 Å². The molecule has 0 saturated carbocycles. The average molecular weight is 320 g/mol. The third kappa shape index (κ3) is 3.95. The molecular formula is C15H14ClN3O3. The van der Waals surface area contributed by atoms with E-state index in [9.17, 15) is 10.1 Å². The van der Waals surface area contributed by atoms with Crippen molar-refractivity contribution in [2.24, 2.45) is 0 Å². The summed E-state index contributed by atoms with van der Waals surface area (Å²) in [4.78, 5) is 14.1. The van der Waals surface area contributed by atoms with Crippen LogP contribution in [0.3, 0.4) is 0 Å². The van der Waals surface area contributed by atoms with Crippen molar-refractivity contribution < 1.29 is 9.66 Å². The number of nitrogens with zero attached hydrogens (tertiary/aromatic N) is 2. The third-order valence-corrected chi connectivity index (χ3v) is 3.10. The molecule has 1 aromatic heterocycles. The number of anilines is 1. The predicted octanol–water partition coefficient (Wildman–Crippen LogP) is 3.82. The van der Waals surface area contributed by atoms with Gasteiger partial charge in [0, 0.05) is 18.2 Å². The van der Waals surface area contributed by atoms with Crippen molar-refractivity contribution in [3.05, 3.63) is 69.9 Å². The van der Waals surface area contributed by atoms with Crippen LogP contribution in [-0.4, -0.2) is 16.5 Å². The summed E-state index contributed by atoms with van der Waals surface area (Å²) in [7, 11) is 0. The molecule has 0 fully saturated rings. The highest BCUT2D eigenvalue weighted by Crippen LogP contribution is 2.25. The van der Waals surface area contributed by atoms with E-state index in [0.717, 1.165) is 17.5 Å². The lowest BCUT2D eigenvalue weighted by molar-refractivity contribution is -0.385. The molecule has 0 bridgehead atoms. The Bertz CT molecular complexity index is 691. The first kappa shape index (κ1) is 15.8. The fraction of sp³-hybridized carbons (Fsp3) is 0.133. The molecule has 0 radical (unpaired) electrons. The zero-order valence-electron chi connectivity index (χ0n) is 11.7. The highest BCUT2D eigenvalue weighted by Gasteiger charge is 2.11. The Labute approximate surface area is 132 Å². The zero-order valence-corrected chi connectivity index (χ0v) is 12.4. The van der Waals surface area contributed by atoms with Crippen molar-refractivity contribution in [1.29, 1.82) is 0 Å². The second-order valence-corrected chi connectivity index (χ2v) is 4.75. The number of hydrogen-bond acceptors (Lipinski definition) is 5. The molecule has 2 rings (SSSR count). The molecule has 0 saturated heterocycles. The summed E-state index contributed by atoms with van der Waals surface area (Å²) in [5, 5.41) is 13.9. The molecule has 1 aromatic carbocycles. The number of benzene rings is 1. The lowest BCUT2D eigenvalue weighted by Gasteiger charge is -2.12. The van der Waals surface area contributed by atoms with Gasteiger partial charge in [-0.25, -0.2) is 4.98 Å². The van der Waals surface area contributed by atoms with E-state index in [1.165, 1.54) is 6.07 Å². The van der Waals surface area contributed by atoms with Gasteiger partial charge in [-0.3, -0.25) is 10.1 Å². The minimum Gasteiger partial charge on any atom is -0.489 e. The highest BCUT2D eigenvalue weighted by molar-refractivity contribution is 6.33. The minimum atomic E-state index is -0.541. The second-order valence-electron chi connectivity index (χ2n) is 4.34. The Morgan fingerprint density at radius 3 is 2.91 bits per heavy atom. The van der Waals surface area contributed by atoms with E-state index in [1.807, 2.05) is 24.3 Å². The second kappa shape index (κ2) is 7.42. The van der Waals surface area contributed by atoms with Crippen LogP contribution in [0.2, 0.25) is 5.02 Å². The quantitative estimate of drug-likeness (QED) is 0.477. The molecule has 22 heavy (non-hydrogen) atoms. The summed E-state index contributed by atoms with van der Waals surface area (Å²) in [6.07, 6.45) is 2.83. The van der Waals surface area contributed by atoms with Gasteiger partial charge in [-0.2, -0.15) is 0 Å². The van der Waals surface area contributed by atoms with Gasteiger partial charge in [0.1, 0.15) is 24.4 Å². The summed E-state index contributed by atoms with van der Waals surface area (Å²) in [5.41, 5.74) is 0.769. The molecule has 0 spiro atoms. The van der Waals surface area contributed by atoms with Gasteiger partial charge >= 0.3 is 0 Å². The van der Waals surface area contributed by atoms with Crippen LogP contribution in [0.15, 0.2) is 49.2 Å². The van der Waals surface area contributed by atoms with E-state index in [0.29, 0.717) is 19.0 Å². The molecule has 1 N–H and O–H groups in total. The number of nitro groups is 1. The van der Waals surface area contributed by atoms with E-state index in [2.05, 4.69) is 16.9 Å². The van der Waals surface area contributed by atoms with Crippen molar-refractivity contribution in [2.75, 3.05) is 11.9 Å². The smallest absolute Gasteiger partial charge is 0.289 e. The van der Waals surface area contributed by atoms with Gasteiger partial charge in [0.2, 0.25) is 0 Å². The Morgan fingerprint density at radius 1 is 1.45 bits per heavy atom. The largest absolute Gasteiger partial charge is 0.489 e. The van der Waals surface area contributed by atoms with Crippen LogP contribution in [0.4, 0.5) is 11.5 Å². The van der Waals surface area contributed by atoms with E-state index in [1.54, 1.807) is 6.08 Å².